The summed E-state index contributed by atoms with van der Waals surface area (Å²) in [7, 11) is 0. The Labute approximate surface area is 219 Å². The van der Waals surface area contributed by atoms with Gasteiger partial charge in [0.25, 0.3) is 0 Å². The molecule has 192 valence electrons. The molecule has 6 rings (SSSR count). The van der Waals surface area contributed by atoms with Crippen LogP contribution in [0.4, 0.5) is 5.82 Å². The van der Waals surface area contributed by atoms with Crippen molar-refractivity contribution >= 4 is 27.4 Å². The molecule has 36 heavy (non-hydrogen) atoms. The molecule has 2 aliphatic heterocycles. The van der Waals surface area contributed by atoms with Crippen LogP contribution in [0.1, 0.15) is 41.1 Å². The number of nitrogens with zero attached hydrogens (tertiary/aromatic N) is 5. The van der Waals surface area contributed by atoms with Crippen molar-refractivity contribution in [2.24, 2.45) is 0 Å². The van der Waals surface area contributed by atoms with Crippen LogP contribution in [-0.2, 0) is 30.4 Å². The van der Waals surface area contributed by atoms with Crippen LogP contribution in [0.15, 0.2) is 30.3 Å². The van der Waals surface area contributed by atoms with Gasteiger partial charge in [0.05, 0.1) is 18.6 Å². The van der Waals surface area contributed by atoms with E-state index >= 15 is 0 Å². The molecule has 0 bridgehead atoms. The molecular weight excluding hydrogens is 466 g/mol. The molecule has 0 spiro atoms. The highest BCUT2D eigenvalue weighted by molar-refractivity contribution is 7.19. The van der Waals surface area contributed by atoms with Gasteiger partial charge in [-0.3, -0.25) is 9.80 Å². The molecule has 0 unspecified atom stereocenters. The minimum Gasteiger partial charge on any atom is -0.379 e. The molecule has 2 saturated heterocycles. The highest BCUT2D eigenvalue weighted by Gasteiger charge is 2.26. The fraction of sp³-hybridized carbons (Fsp3) is 0.586. The Bertz CT molecular complexity index is 1140. The molecule has 0 radical (unpaired) electrons. The van der Waals surface area contributed by atoms with Crippen LogP contribution in [0.3, 0.4) is 0 Å². The summed E-state index contributed by atoms with van der Waals surface area (Å²) in [4.78, 5) is 21.0. The van der Waals surface area contributed by atoms with E-state index in [1.165, 1.54) is 53.7 Å². The lowest BCUT2D eigenvalue weighted by Crippen LogP contribution is -2.49. The Kier molecular flexibility index (Phi) is 7.79. The van der Waals surface area contributed by atoms with Crippen molar-refractivity contribution in [3.05, 3.63) is 52.2 Å². The lowest BCUT2D eigenvalue weighted by Gasteiger charge is -2.37. The topological polar surface area (TPSA) is 44.7 Å². The van der Waals surface area contributed by atoms with Crippen LogP contribution in [0, 0.1) is 0 Å². The van der Waals surface area contributed by atoms with Gasteiger partial charge in [0.1, 0.15) is 16.5 Å². The van der Waals surface area contributed by atoms with Crippen molar-refractivity contribution in [1.82, 2.24) is 19.8 Å². The van der Waals surface area contributed by atoms with Crippen LogP contribution < -0.4 is 4.90 Å². The van der Waals surface area contributed by atoms with Crippen LogP contribution >= 0.6 is 11.3 Å². The van der Waals surface area contributed by atoms with Crippen molar-refractivity contribution in [3.63, 3.8) is 0 Å². The molecule has 1 aromatic carbocycles. The van der Waals surface area contributed by atoms with Crippen molar-refractivity contribution in [1.29, 1.82) is 0 Å². The molecule has 0 saturated carbocycles. The predicted octanol–water partition coefficient (Wildman–Crippen LogP) is 4.20. The summed E-state index contributed by atoms with van der Waals surface area (Å²) in [6.45, 7) is 10.6. The third-order valence-corrected chi connectivity index (χ3v) is 9.27. The van der Waals surface area contributed by atoms with Gasteiger partial charge in [0.15, 0.2) is 0 Å². The second kappa shape index (κ2) is 11.5. The molecule has 0 N–H and O–H groups in total. The highest BCUT2D eigenvalue weighted by atomic mass is 32.1. The summed E-state index contributed by atoms with van der Waals surface area (Å²) in [5, 5.41) is 1.38. The monoisotopic (exact) mass is 505 g/mol. The first kappa shape index (κ1) is 24.3. The maximum atomic E-state index is 5.51. The van der Waals surface area contributed by atoms with Gasteiger partial charge in [-0.2, -0.15) is 0 Å². The zero-order valence-corrected chi connectivity index (χ0v) is 22.3. The van der Waals surface area contributed by atoms with E-state index < -0.39 is 0 Å². The number of thiophene rings is 1. The first-order chi connectivity index (χ1) is 17.8. The minimum atomic E-state index is 0.884. The first-order valence-corrected chi connectivity index (χ1v) is 14.8. The van der Waals surface area contributed by atoms with Crippen LogP contribution in [0.2, 0.25) is 0 Å². The smallest absolute Gasteiger partial charge is 0.141 e. The van der Waals surface area contributed by atoms with E-state index in [4.69, 9.17) is 14.7 Å². The molecule has 3 aromatic rings. The molecule has 2 fully saturated rings. The van der Waals surface area contributed by atoms with E-state index in [1.807, 2.05) is 11.3 Å². The van der Waals surface area contributed by atoms with Gasteiger partial charge in [0, 0.05) is 63.7 Å². The molecular formula is C29H39N5OS. The zero-order valence-electron chi connectivity index (χ0n) is 21.5. The van der Waals surface area contributed by atoms with E-state index in [0.29, 0.717) is 0 Å². The highest BCUT2D eigenvalue weighted by Crippen LogP contribution is 2.39. The number of fused-ring (bicyclic) bond motifs is 3. The van der Waals surface area contributed by atoms with E-state index in [2.05, 4.69) is 45.0 Å². The average Bonchev–Trinajstić information content (AvgIpc) is 3.12. The van der Waals surface area contributed by atoms with Crippen molar-refractivity contribution in [2.45, 2.75) is 44.9 Å². The third-order valence-electron chi connectivity index (χ3n) is 8.08. The average molecular weight is 506 g/mol. The summed E-state index contributed by atoms with van der Waals surface area (Å²) in [5.41, 5.74) is 2.92. The fourth-order valence-electron chi connectivity index (χ4n) is 5.89. The number of piperazine rings is 1. The number of benzene rings is 1. The summed E-state index contributed by atoms with van der Waals surface area (Å²) in [6.07, 6.45) is 8.24. The van der Waals surface area contributed by atoms with Gasteiger partial charge in [-0.15, -0.1) is 11.3 Å². The SMILES string of the molecule is c1ccc(CCc2nc(N3CCN(CCN4CCOCC4)CC3)c3c4c(sc3n2)CCCCC4)cc1. The number of ether oxygens (including phenoxy) is 1. The second-order valence-corrected chi connectivity index (χ2v) is 11.6. The Morgan fingerprint density at radius 3 is 2.33 bits per heavy atom. The van der Waals surface area contributed by atoms with Crippen molar-refractivity contribution in [2.75, 3.05) is 70.5 Å². The van der Waals surface area contributed by atoms with Crippen LogP contribution in [0.25, 0.3) is 10.2 Å². The summed E-state index contributed by atoms with van der Waals surface area (Å²) < 4.78 is 5.51. The summed E-state index contributed by atoms with van der Waals surface area (Å²) in [6, 6.07) is 10.8. The number of aryl methyl sites for hydroxylation is 4. The van der Waals surface area contributed by atoms with E-state index in [0.717, 1.165) is 84.2 Å². The van der Waals surface area contributed by atoms with Gasteiger partial charge in [-0.25, -0.2) is 9.97 Å². The maximum Gasteiger partial charge on any atom is 0.141 e. The fourth-order valence-corrected chi connectivity index (χ4v) is 7.16. The Morgan fingerprint density at radius 2 is 1.53 bits per heavy atom. The van der Waals surface area contributed by atoms with E-state index in [1.54, 1.807) is 10.4 Å². The number of rotatable bonds is 7. The minimum absolute atomic E-state index is 0.884. The lowest BCUT2D eigenvalue weighted by molar-refractivity contribution is 0.0331. The van der Waals surface area contributed by atoms with Gasteiger partial charge in [-0.1, -0.05) is 36.8 Å². The van der Waals surface area contributed by atoms with Crippen LogP contribution in [-0.4, -0.2) is 85.3 Å². The molecule has 4 heterocycles. The number of hydrogen-bond donors (Lipinski definition) is 0. The Morgan fingerprint density at radius 1 is 0.778 bits per heavy atom. The zero-order chi connectivity index (χ0) is 24.2. The molecule has 1 aliphatic carbocycles. The van der Waals surface area contributed by atoms with Gasteiger partial charge >= 0.3 is 0 Å². The largest absolute Gasteiger partial charge is 0.379 e. The molecule has 6 nitrogen and oxygen atoms in total. The summed E-state index contributed by atoms with van der Waals surface area (Å²) in [5.74, 6) is 2.22. The molecule has 0 atom stereocenters. The van der Waals surface area contributed by atoms with Crippen LogP contribution in [0.5, 0.6) is 0 Å². The summed E-state index contributed by atoms with van der Waals surface area (Å²) >= 11 is 1.95. The quantitative estimate of drug-likeness (QED) is 0.449. The van der Waals surface area contributed by atoms with E-state index in [9.17, 15) is 0 Å². The van der Waals surface area contributed by atoms with Gasteiger partial charge in [0.2, 0.25) is 0 Å². The number of aromatic nitrogens is 2. The van der Waals surface area contributed by atoms with Crippen molar-refractivity contribution in [3.8, 4) is 0 Å². The van der Waals surface area contributed by atoms with Gasteiger partial charge in [-0.05, 0) is 43.2 Å². The Balaban J connectivity index is 1.21. The first-order valence-electron chi connectivity index (χ1n) is 14.0. The van der Waals surface area contributed by atoms with Gasteiger partial charge < -0.3 is 9.64 Å². The number of anilines is 1. The molecule has 2 aromatic heterocycles. The predicted molar refractivity (Wildman–Crippen MR) is 148 cm³/mol. The Hall–Kier alpha value is -2.06. The normalized spacial score (nSPS) is 19.9. The molecule has 3 aliphatic rings. The number of hydrogen-bond acceptors (Lipinski definition) is 7. The maximum absolute atomic E-state index is 5.51. The standard InChI is InChI=1S/C29H39N5OS/c1-3-7-23(8-4-1)11-12-26-30-28(27-24-9-5-2-6-10-25(24)36-29(27)31-26)34-17-15-32(16-18-34)13-14-33-19-21-35-22-20-33/h1,3-4,7-8H,2,5-6,9-22H2. The van der Waals surface area contributed by atoms with E-state index in [-0.39, 0.29) is 0 Å². The lowest BCUT2D eigenvalue weighted by atomic mass is 10.1. The number of morpholine rings is 1. The molecule has 7 heteroatoms. The third kappa shape index (κ3) is 5.59. The van der Waals surface area contributed by atoms with Crippen molar-refractivity contribution < 1.29 is 4.74 Å². The molecule has 0 amide bonds. The second-order valence-electron chi connectivity index (χ2n) is 10.5.